The lowest BCUT2D eigenvalue weighted by Crippen LogP contribution is -2.36. The molecule has 0 aromatic carbocycles. The van der Waals surface area contributed by atoms with Crippen molar-refractivity contribution in [1.29, 1.82) is 0 Å². The molecular weight excluding hydrogens is 208 g/mol. The van der Waals surface area contributed by atoms with E-state index >= 15 is 0 Å². The van der Waals surface area contributed by atoms with E-state index in [4.69, 9.17) is 4.74 Å². The summed E-state index contributed by atoms with van der Waals surface area (Å²) in [6, 6.07) is 0. The zero-order chi connectivity index (χ0) is 12.0. The first kappa shape index (κ1) is 13.2. The maximum absolute atomic E-state index is 10.8. The Labute approximate surface area is 95.9 Å². The number of aliphatic hydroxyl groups excluding tert-OH is 2. The van der Waals surface area contributed by atoms with Crippen LogP contribution in [0.25, 0.3) is 0 Å². The summed E-state index contributed by atoms with van der Waals surface area (Å²) < 4.78 is 4.89. The van der Waals surface area contributed by atoms with Crippen molar-refractivity contribution in [2.45, 2.75) is 57.3 Å². The van der Waals surface area contributed by atoms with Crippen LogP contribution in [-0.2, 0) is 9.53 Å². The van der Waals surface area contributed by atoms with E-state index < -0.39 is 18.3 Å². The molecular formula is C12H20O4. The van der Waals surface area contributed by atoms with Crippen molar-refractivity contribution < 1.29 is 19.7 Å². The number of hydrogen-bond donors (Lipinski definition) is 2. The second-order valence-electron chi connectivity index (χ2n) is 4.12. The first-order valence-electron chi connectivity index (χ1n) is 5.87. The monoisotopic (exact) mass is 228 g/mol. The Hall–Kier alpha value is -0.870. The predicted molar refractivity (Wildman–Crippen MR) is 59.8 cm³/mol. The highest BCUT2D eigenvalue weighted by atomic mass is 16.6. The molecule has 0 radical (unpaired) electrons. The Morgan fingerprint density at radius 3 is 2.88 bits per heavy atom. The fourth-order valence-corrected chi connectivity index (χ4v) is 1.68. The zero-order valence-corrected chi connectivity index (χ0v) is 9.63. The molecule has 1 saturated heterocycles. The van der Waals surface area contributed by atoms with Gasteiger partial charge in [0.05, 0.1) is 0 Å². The van der Waals surface area contributed by atoms with Crippen LogP contribution in [0.5, 0.6) is 0 Å². The number of hydrogen-bond acceptors (Lipinski definition) is 4. The topological polar surface area (TPSA) is 66.8 Å². The number of carbonyl (C=O) groups is 1. The second-order valence-corrected chi connectivity index (χ2v) is 4.12. The van der Waals surface area contributed by atoms with Crippen molar-refractivity contribution in [3.05, 3.63) is 12.2 Å². The van der Waals surface area contributed by atoms with Crippen LogP contribution in [0.4, 0.5) is 0 Å². The summed E-state index contributed by atoms with van der Waals surface area (Å²) in [6.45, 7) is 2.09. The molecule has 4 heteroatoms. The molecule has 1 heterocycles. The van der Waals surface area contributed by atoms with Crippen LogP contribution in [0.2, 0.25) is 0 Å². The van der Waals surface area contributed by atoms with Crippen molar-refractivity contribution in [2.24, 2.45) is 0 Å². The van der Waals surface area contributed by atoms with Gasteiger partial charge in [0.2, 0.25) is 0 Å². The standard InChI is InChI=1S/C12H20O4/c1-2-3-4-5-6-9(13)12(15)10-7-8-11(14)16-10/h5-6,9-10,12-13,15H,2-4,7-8H2,1H3/b6-5-/t9-,10+,12-/m1/s1. The number of carbonyl (C=O) groups excluding carboxylic acids is 1. The first-order valence-corrected chi connectivity index (χ1v) is 5.87. The molecule has 4 nitrogen and oxygen atoms in total. The van der Waals surface area contributed by atoms with Crippen LogP contribution in [-0.4, -0.2) is 34.5 Å². The number of ether oxygens (including phenoxy) is 1. The summed E-state index contributed by atoms with van der Waals surface area (Å²) in [4.78, 5) is 10.8. The van der Waals surface area contributed by atoms with Crippen molar-refractivity contribution >= 4 is 5.97 Å². The summed E-state index contributed by atoms with van der Waals surface area (Å²) in [6.07, 6.45) is 4.79. The fourth-order valence-electron chi connectivity index (χ4n) is 1.68. The van der Waals surface area contributed by atoms with Gasteiger partial charge in [-0.3, -0.25) is 4.79 Å². The van der Waals surface area contributed by atoms with Crippen LogP contribution in [0.1, 0.15) is 39.0 Å². The van der Waals surface area contributed by atoms with Gasteiger partial charge in [-0.1, -0.05) is 31.9 Å². The molecule has 1 aliphatic heterocycles. The van der Waals surface area contributed by atoms with Gasteiger partial charge in [-0.25, -0.2) is 0 Å². The Morgan fingerprint density at radius 1 is 1.56 bits per heavy atom. The van der Waals surface area contributed by atoms with Crippen LogP contribution < -0.4 is 0 Å². The van der Waals surface area contributed by atoms with Gasteiger partial charge in [-0.15, -0.1) is 0 Å². The molecule has 2 N–H and O–H groups in total. The molecule has 16 heavy (non-hydrogen) atoms. The summed E-state index contributed by atoms with van der Waals surface area (Å²) in [5, 5.41) is 19.3. The van der Waals surface area contributed by atoms with Gasteiger partial charge in [0, 0.05) is 6.42 Å². The van der Waals surface area contributed by atoms with E-state index in [-0.39, 0.29) is 5.97 Å². The number of rotatable bonds is 6. The van der Waals surface area contributed by atoms with E-state index in [0.29, 0.717) is 12.8 Å². The molecule has 3 atom stereocenters. The quantitative estimate of drug-likeness (QED) is 0.407. The minimum absolute atomic E-state index is 0.300. The Kier molecular flexibility index (Phi) is 5.49. The number of unbranched alkanes of at least 4 members (excludes halogenated alkanes) is 2. The smallest absolute Gasteiger partial charge is 0.306 e. The average molecular weight is 228 g/mol. The second kappa shape index (κ2) is 6.66. The third-order valence-electron chi connectivity index (χ3n) is 2.70. The number of cyclic esters (lactones) is 1. The molecule has 0 aromatic heterocycles. The van der Waals surface area contributed by atoms with Crippen molar-refractivity contribution in [1.82, 2.24) is 0 Å². The van der Waals surface area contributed by atoms with E-state index in [2.05, 4.69) is 6.92 Å². The summed E-state index contributed by atoms with van der Waals surface area (Å²) in [7, 11) is 0. The summed E-state index contributed by atoms with van der Waals surface area (Å²) in [5.74, 6) is -0.300. The van der Waals surface area contributed by atoms with Crippen LogP contribution >= 0.6 is 0 Å². The number of esters is 1. The van der Waals surface area contributed by atoms with Crippen LogP contribution in [0.3, 0.4) is 0 Å². The minimum Gasteiger partial charge on any atom is -0.459 e. The lowest BCUT2D eigenvalue weighted by Gasteiger charge is -2.19. The Morgan fingerprint density at radius 2 is 2.31 bits per heavy atom. The molecule has 1 rings (SSSR count). The van der Waals surface area contributed by atoms with Gasteiger partial charge >= 0.3 is 5.97 Å². The SMILES string of the molecule is CCCC/C=C\[C@@H](O)[C@@H](O)[C@@H]1CCC(=O)O1. The molecule has 0 bridgehead atoms. The van der Waals surface area contributed by atoms with Crippen molar-refractivity contribution in [3.63, 3.8) is 0 Å². The van der Waals surface area contributed by atoms with E-state index in [0.717, 1.165) is 19.3 Å². The largest absolute Gasteiger partial charge is 0.459 e. The molecule has 0 spiro atoms. The number of aliphatic hydroxyl groups is 2. The molecule has 1 fully saturated rings. The van der Waals surface area contributed by atoms with E-state index in [1.807, 2.05) is 6.08 Å². The van der Waals surface area contributed by atoms with Crippen molar-refractivity contribution in [3.8, 4) is 0 Å². The highest BCUT2D eigenvalue weighted by Crippen LogP contribution is 2.19. The average Bonchev–Trinajstić information content (AvgIpc) is 2.70. The van der Waals surface area contributed by atoms with Gasteiger partial charge in [0.25, 0.3) is 0 Å². The third-order valence-corrected chi connectivity index (χ3v) is 2.70. The molecule has 1 aliphatic rings. The van der Waals surface area contributed by atoms with Gasteiger partial charge < -0.3 is 14.9 Å². The maximum Gasteiger partial charge on any atom is 0.306 e. The van der Waals surface area contributed by atoms with Gasteiger partial charge in [-0.05, 0) is 12.8 Å². The molecule has 0 saturated carbocycles. The lowest BCUT2D eigenvalue weighted by molar-refractivity contribution is -0.147. The molecule has 0 aliphatic carbocycles. The van der Waals surface area contributed by atoms with Gasteiger partial charge in [-0.2, -0.15) is 0 Å². The van der Waals surface area contributed by atoms with Crippen LogP contribution in [0, 0.1) is 0 Å². The molecule has 0 aromatic rings. The number of allylic oxidation sites excluding steroid dienone is 1. The van der Waals surface area contributed by atoms with E-state index in [1.165, 1.54) is 0 Å². The van der Waals surface area contributed by atoms with E-state index in [9.17, 15) is 15.0 Å². The van der Waals surface area contributed by atoms with Gasteiger partial charge in [0.1, 0.15) is 18.3 Å². The normalized spacial score (nSPS) is 24.7. The summed E-state index contributed by atoms with van der Waals surface area (Å²) in [5.41, 5.74) is 0. The Balaban J connectivity index is 2.32. The highest BCUT2D eigenvalue weighted by Gasteiger charge is 2.33. The molecule has 0 unspecified atom stereocenters. The maximum atomic E-state index is 10.8. The Bertz CT molecular complexity index is 249. The highest BCUT2D eigenvalue weighted by molar-refractivity contribution is 5.71. The van der Waals surface area contributed by atoms with E-state index in [1.54, 1.807) is 6.08 Å². The molecule has 0 amide bonds. The predicted octanol–water partition coefficient (Wildman–Crippen LogP) is 1.16. The van der Waals surface area contributed by atoms with Gasteiger partial charge in [0.15, 0.2) is 0 Å². The zero-order valence-electron chi connectivity index (χ0n) is 9.63. The summed E-state index contributed by atoms with van der Waals surface area (Å²) >= 11 is 0. The molecule has 92 valence electrons. The first-order chi connectivity index (χ1) is 7.65. The minimum atomic E-state index is -1.01. The van der Waals surface area contributed by atoms with Crippen molar-refractivity contribution in [2.75, 3.05) is 0 Å². The third kappa shape index (κ3) is 3.94. The fraction of sp³-hybridized carbons (Fsp3) is 0.750. The lowest BCUT2D eigenvalue weighted by atomic mass is 10.0. The van der Waals surface area contributed by atoms with Crippen LogP contribution in [0.15, 0.2) is 12.2 Å².